The van der Waals surface area contributed by atoms with Crippen LogP contribution in [0.4, 0.5) is 5.69 Å². The molecule has 3 heteroatoms. The van der Waals surface area contributed by atoms with Crippen LogP contribution in [0.15, 0.2) is 28.7 Å². The van der Waals surface area contributed by atoms with Gasteiger partial charge in [-0.1, -0.05) is 35.8 Å². The van der Waals surface area contributed by atoms with E-state index in [1.807, 2.05) is 12.1 Å². The second kappa shape index (κ2) is 5.62. The lowest BCUT2D eigenvalue weighted by molar-refractivity contribution is 0.122. The summed E-state index contributed by atoms with van der Waals surface area (Å²) in [6.45, 7) is 4.76. The van der Waals surface area contributed by atoms with Gasteiger partial charge in [0, 0.05) is 10.2 Å². The predicted molar refractivity (Wildman–Crippen MR) is 79.8 cm³/mol. The minimum Gasteiger partial charge on any atom is -0.394 e. The van der Waals surface area contributed by atoms with Crippen LogP contribution in [0.1, 0.15) is 33.1 Å². The van der Waals surface area contributed by atoms with Gasteiger partial charge in [-0.2, -0.15) is 0 Å². The van der Waals surface area contributed by atoms with Crippen molar-refractivity contribution in [2.24, 2.45) is 11.8 Å². The molecule has 2 N–H and O–H groups in total. The summed E-state index contributed by atoms with van der Waals surface area (Å²) in [4.78, 5) is 0. The van der Waals surface area contributed by atoms with Gasteiger partial charge < -0.3 is 10.4 Å². The first-order chi connectivity index (χ1) is 8.53. The predicted octanol–water partition coefficient (Wildman–Crippen LogP) is 4.05. The van der Waals surface area contributed by atoms with Crippen LogP contribution in [0.3, 0.4) is 0 Å². The van der Waals surface area contributed by atoms with Gasteiger partial charge in [0.15, 0.2) is 0 Å². The van der Waals surface area contributed by atoms with Gasteiger partial charge in [-0.15, -0.1) is 0 Å². The van der Waals surface area contributed by atoms with E-state index in [1.165, 1.54) is 6.42 Å². The zero-order chi connectivity index (χ0) is 13.2. The third kappa shape index (κ3) is 3.27. The van der Waals surface area contributed by atoms with Gasteiger partial charge in [0.2, 0.25) is 0 Å². The molecule has 2 atom stereocenters. The molecule has 1 aromatic rings. The molecule has 0 heterocycles. The summed E-state index contributed by atoms with van der Waals surface area (Å²) in [6.07, 6.45) is 3.35. The summed E-state index contributed by atoms with van der Waals surface area (Å²) in [5.41, 5.74) is 0.928. The number of rotatable bonds is 3. The van der Waals surface area contributed by atoms with Crippen molar-refractivity contribution in [3.05, 3.63) is 28.7 Å². The maximum absolute atomic E-state index is 9.83. The molecule has 2 nitrogen and oxygen atoms in total. The fraction of sp³-hybridized carbons (Fsp3) is 0.600. The molecule has 0 aliphatic heterocycles. The molecule has 2 rings (SSSR count). The lowest BCUT2D eigenvalue weighted by atomic mass is 9.72. The van der Waals surface area contributed by atoms with Crippen LogP contribution >= 0.6 is 15.9 Å². The van der Waals surface area contributed by atoms with Crippen molar-refractivity contribution in [2.75, 3.05) is 11.9 Å². The summed E-state index contributed by atoms with van der Waals surface area (Å²) in [6, 6.07) is 8.17. The maximum Gasteiger partial charge on any atom is 0.0661 e. The molecule has 1 saturated carbocycles. The molecule has 0 saturated heterocycles. The average molecular weight is 312 g/mol. The quantitative estimate of drug-likeness (QED) is 0.882. The average Bonchev–Trinajstić information content (AvgIpc) is 2.27. The van der Waals surface area contributed by atoms with Crippen molar-refractivity contribution in [3.63, 3.8) is 0 Å². The Hall–Kier alpha value is -0.540. The molecule has 1 aliphatic carbocycles. The molecule has 1 aromatic carbocycles. The Labute approximate surface area is 118 Å². The number of aliphatic hydroxyl groups is 1. The summed E-state index contributed by atoms with van der Waals surface area (Å²) < 4.78 is 1.07. The van der Waals surface area contributed by atoms with Crippen LogP contribution in [0.2, 0.25) is 0 Å². The first-order valence-corrected chi connectivity index (χ1v) is 7.47. The van der Waals surface area contributed by atoms with E-state index in [4.69, 9.17) is 0 Å². The normalized spacial score (nSPS) is 32.2. The largest absolute Gasteiger partial charge is 0.394 e. The second-order valence-corrected chi connectivity index (χ2v) is 6.84. The SMILES string of the molecule is CC1CC(C)CC(CO)(Nc2cccc(Br)c2)C1. The number of nitrogens with one attached hydrogen (secondary N) is 1. The highest BCUT2D eigenvalue weighted by molar-refractivity contribution is 9.10. The minimum atomic E-state index is -0.155. The highest BCUT2D eigenvalue weighted by Crippen LogP contribution is 2.38. The lowest BCUT2D eigenvalue weighted by Gasteiger charge is -2.43. The fourth-order valence-electron chi connectivity index (χ4n) is 3.41. The van der Waals surface area contributed by atoms with E-state index >= 15 is 0 Å². The van der Waals surface area contributed by atoms with Crippen molar-refractivity contribution in [2.45, 2.75) is 38.6 Å². The molecule has 0 bridgehead atoms. The van der Waals surface area contributed by atoms with E-state index in [1.54, 1.807) is 0 Å². The maximum atomic E-state index is 9.83. The molecule has 18 heavy (non-hydrogen) atoms. The van der Waals surface area contributed by atoms with Crippen LogP contribution in [0.25, 0.3) is 0 Å². The van der Waals surface area contributed by atoms with Gasteiger partial charge in [-0.3, -0.25) is 0 Å². The van der Waals surface area contributed by atoms with Gasteiger partial charge >= 0.3 is 0 Å². The third-order valence-electron chi connectivity index (χ3n) is 3.82. The third-order valence-corrected chi connectivity index (χ3v) is 4.31. The van der Waals surface area contributed by atoms with Crippen LogP contribution in [0, 0.1) is 11.8 Å². The van der Waals surface area contributed by atoms with E-state index in [2.05, 4.69) is 47.2 Å². The number of anilines is 1. The van der Waals surface area contributed by atoms with Crippen molar-refractivity contribution in [3.8, 4) is 0 Å². The first kappa shape index (κ1) is 13.9. The Balaban J connectivity index is 2.17. The zero-order valence-corrected chi connectivity index (χ0v) is 12.7. The van der Waals surface area contributed by atoms with Gasteiger partial charge in [0.25, 0.3) is 0 Å². The highest BCUT2D eigenvalue weighted by Gasteiger charge is 2.37. The molecule has 100 valence electrons. The van der Waals surface area contributed by atoms with Gasteiger partial charge in [-0.05, 0) is 49.3 Å². The molecule has 0 radical (unpaired) electrons. The van der Waals surface area contributed by atoms with E-state index < -0.39 is 0 Å². The van der Waals surface area contributed by atoms with E-state index in [0.29, 0.717) is 11.8 Å². The molecule has 0 spiro atoms. The lowest BCUT2D eigenvalue weighted by Crippen LogP contribution is -2.48. The number of hydrogen-bond acceptors (Lipinski definition) is 2. The zero-order valence-electron chi connectivity index (χ0n) is 11.1. The van der Waals surface area contributed by atoms with Crippen molar-refractivity contribution in [1.29, 1.82) is 0 Å². The number of aliphatic hydroxyl groups excluding tert-OH is 1. The molecule has 1 fully saturated rings. The standard InChI is InChI=1S/C15H22BrNO/c1-11-6-12(2)9-15(8-11,10-18)17-14-5-3-4-13(16)7-14/h3-5,7,11-12,17-18H,6,8-10H2,1-2H3. The van der Waals surface area contributed by atoms with E-state index in [9.17, 15) is 5.11 Å². The topological polar surface area (TPSA) is 32.3 Å². The fourth-order valence-corrected chi connectivity index (χ4v) is 3.81. The van der Waals surface area contributed by atoms with Crippen molar-refractivity contribution >= 4 is 21.6 Å². The minimum absolute atomic E-state index is 0.155. The van der Waals surface area contributed by atoms with Gasteiger partial charge in [0.05, 0.1) is 12.1 Å². The summed E-state index contributed by atoms with van der Waals surface area (Å²) in [5, 5.41) is 13.4. The van der Waals surface area contributed by atoms with Crippen molar-refractivity contribution < 1.29 is 5.11 Å². The van der Waals surface area contributed by atoms with Crippen LogP contribution in [-0.2, 0) is 0 Å². The number of benzene rings is 1. The molecular weight excluding hydrogens is 290 g/mol. The Morgan fingerprint density at radius 3 is 2.56 bits per heavy atom. The second-order valence-electron chi connectivity index (χ2n) is 5.93. The van der Waals surface area contributed by atoms with Gasteiger partial charge in [0.1, 0.15) is 0 Å². The van der Waals surface area contributed by atoms with Crippen LogP contribution in [0.5, 0.6) is 0 Å². The monoisotopic (exact) mass is 311 g/mol. The van der Waals surface area contributed by atoms with Gasteiger partial charge in [-0.25, -0.2) is 0 Å². The Morgan fingerprint density at radius 2 is 2.00 bits per heavy atom. The van der Waals surface area contributed by atoms with Crippen molar-refractivity contribution in [1.82, 2.24) is 0 Å². The summed E-state index contributed by atoms with van der Waals surface area (Å²) >= 11 is 3.49. The Morgan fingerprint density at radius 1 is 1.33 bits per heavy atom. The number of halogens is 1. The van der Waals surface area contributed by atoms with Crippen LogP contribution in [-0.4, -0.2) is 17.3 Å². The highest BCUT2D eigenvalue weighted by atomic mass is 79.9. The smallest absolute Gasteiger partial charge is 0.0661 e. The Bertz CT molecular complexity index is 397. The van der Waals surface area contributed by atoms with E-state index in [-0.39, 0.29) is 12.1 Å². The molecule has 0 aromatic heterocycles. The first-order valence-electron chi connectivity index (χ1n) is 6.67. The summed E-state index contributed by atoms with van der Waals surface area (Å²) in [7, 11) is 0. The molecule has 2 unspecified atom stereocenters. The molecule has 0 amide bonds. The molecule has 1 aliphatic rings. The summed E-state index contributed by atoms with van der Waals surface area (Å²) in [5.74, 6) is 1.33. The molecular formula is C15H22BrNO. The van der Waals surface area contributed by atoms with Crippen LogP contribution < -0.4 is 5.32 Å². The number of hydrogen-bond donors (Lipinski definition) is 2. The Kier molecular flexibility index (Phi) is 4.33. The van der Waals surface area contributed by atoms with E-state index in [0.717, 1.165) is 23.0 Å².